The third-order valence-corrected chi connectivity index (χ3v) is 1.32. The normalized spacial score (nSPS) is 11.1. The number of benzene rings is 1. The molecule has 0 bridgehead atoms. The summed E-state index contributed by atoms with van der Waals surface area (Å²) in [6, 6.07) is 8.21. The van der Waals surface area contributed by atoms with Crippen molar-refractivity contribution in [2.75, 3.05) is 5.48 Å². The first-order chi connectivity index (χ1) is 5.58. The van der Waals surface area contributed by atoms with E-state index in [-0.39, 0.29) is 0 Å². The molecule has 0 atom stereocenters. The molecule has 1 aromatic rings. The molecule has 1 aromatic carbocycles. The molecule has 0 unspecified atom stereocenters. The molecule has 0 spiro atoms. The Morgan fingerprint density at radius 3 is 2.33 bits per heavy atom. The van der Waals surface area contributed by atoms with E-state index in [9.17, 15) is 13.0 Å². The van der Waals surface area contributed by atoms with Gasteiger partial charge in [0.15, 0.2) is 0 Å². The Hall–Kier alpha value is -1.11. The summed E-state index contributed by atoms with van der Waals surface area (Å²) in [4.78, 5) is 0. The van der Waals surface area contributed by atoms with Gasteiger partial charge in [-0.05, 0) is 12.1 Å². The van der Waals surface area contributed by atoms with Gasteiger partial charge in [-0.15, -0.1) is 0 Å². The van der Waals surface area contributed by atoms with E-state index in [0.717, 1.165) is 0 Å². The summed E-state index contributed by atoms with van der Waals surface area (Å²) in [5, 5.41) is 0. The molecule has 0 radical (unpaired) electrons. The molecule has 6 heteroatoms. The van der Waals surface area contributed by atoms with Crippen LogP contribution in [0.15, 0.2) is 30.3 Å². The molecule has 0 saturated heterocycles. The van der Waals surface area contributed by atoms with E-state index >= 15 is 0 Å². The Kier molecular flexibility index (Phi) is 2.64. The molecular weight excluding hydrogens is 182 g/mol. The molecule has 0 amide bonds. The van der Waals surface area contributed by atoms with Crippen LogP contribution < -0.4 is 5.48 Å². The fraction of sp³-hybridized carbons (Fsp3) is 0. The van der Waals surface area contributed by atoms with Gasteiger partial charge in [0.2, 0.25) is 10.4 Å². The number of hydrogen-bond acceptors (Lipinski definition) is 5. The van der Waals surface area contributed by atoms with Crippen LogP contribution in [0.2, 0.25) is 0 Å². The molecule has 0 aliphatic rings. The molecule has 12 heavy (non-hydrogen) atoms. The highest BCUT2D eigenvalue weighted by molar-refractivity contribution is 7.80. The maximum atomic E-state index is 9.96. The number of hydrogen-bond donors (Lipinski definition) is 1. The fourth-order valence-electron chi connectivity index (χ4n) is 0.605. The van der Waals surface area contributed by atoms with Gasteiger partial charge in [0.25, 0.3) is 0 Å². The van der Waals surface area contributed by atoms with Crippen LogP contribution in [0.4, 0.5) is 5.69 Å². The molecule has 0 aliphatic carbocycles. The predicted molar refractivity (Wildman–Crippen MR) is 40.8 cm³/mol. The molecule has 0 heterocycles. The van der Waals surface area contributed by atoms with Gasteiger partial charge in [0.05, 0.1) is 5.69 Å². The lowest BCUT2D eigenvalue weighted by Gasteiger charge is -2.08. The van der Waals surface area contributed by atoms with Crippen molar-refractivity contribution in [3.8, 4) is 0 Å². The van der Waals surface area contributed by atoms with Crippen LogP contribution in [-0.4, -0.2) is 13.0 Å². The highest BCUT2D eigenvalue weighted by atomic mass is 32.3. The number of nitrogens with one attached hydrogen (secondary N) is 1. The van der Waals surface area contributed by atoms with Crippen molar-refractivity contribution in [1.82, 2.24) is 0 Å². The number of para-hydroxylation sites is 1. The average molecular weight is 188 g/mol. The lowest BCUT2D eigenvalue weighted by atomic mass is 10.3. The third kappa shape index (κ3) is 3.33. The maximum absolute atomic E-state index is 9.96. The lowest BCUT2D eigenvalue weighted by molar-refractivity contribution is 0.310. The van der Waals surface area contributed by atoms with Crippen molar-refractivity contribution < 1.29 is 17.3 Å². The highest BCUT2D eigenvalue weighted by Gasteiger charge is 1.93. The Labute approximate surface area is 69.9 Å². The molecule has 66 valence electrons. The monoisotopic (exact) mass is 188 g/mol. The van der Waals surface area contributed by atoms with Crippen molar-refractivity contribution in [2.24, 2.45) is 0 Å². The second kappa shape index (κ2) is 3.53. The van der Waals surface area contributed by atoms with Gasteiger partial charge < -0.3 is 4.55 Å². The number of anilines is 1. The summed E-state index contributed by atoms with van der Waals surface area (Å²) < 4.78 is 33.7. The SMILES string of the molecule is O=S(=O)([O-])ONc1ccccc1. The largest absolute Gasteiger partial charge is 0.724 e. The molecule has 0 saturated carbocycles. The van der Waals surface area contributed by atoms with Crippen LogP contribution in [-0.2, 0) is 14.7 Å². The molecule has 1 N–H and O–H groups in total. The van der Waals surface area contributed by atoms with E-state index in [1.807, 2.05) is 5.48 Å². The van der Waals surface area contributed by atoms with Crippen LogP contribution in [0.3, 0.4) is 0 Å². The molecular formula is C6H6NO4S-. The summed E-state index contributed by atoms with van der Waals surface area (Å²) in [6.07, 6.45) is 0. The molecule has 0 aromatic heterocycles. The highest BCUT2D eigenvalue weighted by Crippen LogP contribution is 2.05. The van der Waals surface area contributed by atoms with Crippen molar-refractivity contribution in [1.29, 1.82) is 0 Å². The van der Waals surface area contributed by atoms with E-state index < -0.39 is 10.4 Å². The zero-order chi connectivity index (χ0) is 9.03. The first-order valence-electron chi connectivity index (χ1n) is 3.03. The van der Waals surface area contributed by atoms with Crippen molar-refractivity contribution in [3.05, 3.63) is 30.3 Å². The van der Waals surface area contributed by atoms with Crippen LogP contribution in [0.25, 0.3) is 0 Å². The van der Waals surface area contributed by atoms with Gasteiger partial charge in [-0.3, -0.25) is 5.48 Å². The van der Waals surface area contributed by atoms with E-state index in [2.05, 4.69) is 4.28 Å². The summed E-state index contributed by atoms with van der Waals surface area (Å²) in [5.74, 6) is 0. The number of rotatable bonds is 3. The minimum Gasteiger partial charge on any atom is -0.724 e. The first kappa shape index (κ1) is 8.98. The van der Waals surface area contributed by atoms with E-state index in [1.165, 1.54) is 0 Å². The van der Waals surface area contributed by atoms with Crippen LogP contribution in [0, 0.1) is 0 Å². The zero-order valence-electron chi connectivity index (χ0n) is 5.93. The molecule has 0 fully saturated rings. The zero-order valence-corrected chi connectivity index (χ0v) is 6.74. The second-order valence-corrected chi connectivity index (χ2v) is 2.94. The predicted octanol–water partition coefficient (Wildman–Crippen LogP) is 0.490. The van der Waals surface area contributed by atoms with Gasteiger partial charge in [-0.1, -0.05) is 18.2 Å². The summed E-state index contributed by atoms with van der Waals surface area (Å²) in [5.41, 5.74) is 2.38. The standard InChI is InChI=1S/C6H7NO4S/c8-12(9,10)11-7-6-4-2-1-3-5-6/h1-5,7H,(H,8,9,10)/p-1. The Bertz CT molecular complexity index is 334. The minimum absolute atomic E-state index is 0.400. The minimum atomic E-state index is -4.68. The Balaban J connectivity index is 2.56. The summed E-state index contributed by atoms with van der Waals surface area (Å²) in [6.45, 7) is 0. The van der Waals surface area contributed by atoms with Crippen LogP contribution in [0.1, 0.15) is 0 Å². The van der Waals surface area contributed by atoms with Gasteiger partial charge in [-0.2, -0.15) is 4.28 Å². The van der Waals surface area contributed by atoms with Crippen molar-refractivity contribution in [2.45, 2.75) is 0 Å². The van der Waals surface area contributed by atoms with Gasteiger partial charge >= 0.3 is 0 Å². The van der Waals surface area contributed by atoms with Crippen LogP contribution in [0.5, 0.6) is 0 Å². The Morgan fingerprint density at radius 2 is 1.83 bits per heavy atom. The average Bonchev–Trinajstić information content (AvgIpc) is 2.02. The van der Waals surface area contributed by atoms with Gasteiger partial charge in [0, 0.05) is 0 Å². The maximum Gasteiger partial charge on any atom is 0.238 e. The fourth-order valence-corrected chi connectivity index (χ4v) is 0.804. The smallest absolute Gasteiger partial charge is 0.238 e. The molecule has 5 nitrogen and oxygen atoms in total. The van der Waals surface area contributed by atoms with Crippen molar-refractivity contribution in [3.63, 3.8) is 0 Å². The molecule has 1 rings (SSSR count). The van der Waals surface area contributed by atoms with Gasteiger partial charge in [0.1, 0.15) is 0 Å². The van der Waals surface area contributed by atoms with Crippen molar-refractivity contribution >= 4 is 16.1 Å². The Morgan fingerprint density at radius 1 is 1.25 bits per heavy atom. The third-order valence-electron chi connectivity index (χ3n) is 1.04. The van der Waals surface area contributed by atoms with E-state index in [1.54, 1.807) is 30.3 Å². The second-order valence-electron chi connectivity index (χ2n) is 1.96. The summed E-state index contributed by atoms with van der Waals surface area (Å²) >= 11 is 0. The van der Waals surface area contributed by atoms with E-state index in [4.69, 9.17) is 0 Å². The topological polar surface area (TPSA) is 78.5 Å². The van der Waals surface area contributed by atoms with Crippen LogP contribution >= 0.6 is 0 Å². The summed E-state index contributed by atoms with van der Waals surface area (Å²) in [7, 11) is -4.68. The molecule has 0 aliphatic heterocycles. The van der Waals surface area contributed by atoms with Gasteiger partial charge in [-0.25, -0.2) is 8.42 Å². The van der Waals surface area contributed by atoms with E-state index in [0.29, 0.717) is 5.69 Å². The first-order valence-corrected chi connectivity index (χ1v) is 4.36. The quantitative estimate of drug-likeness (QED) is 0.424. The lowest BCUT2D eigenvalue weighted by Crippen LogP contribution is -2.09.